The zero-order valence-corrected chi connectivity index (χ0v) is 19.2. The number of benzene rings is 3. The molecule has 0 aliphatic carbocycles. The fourth-order valence-corrected chi connectivity index (χ4v) is 4.11. The van der Waals surface area contributed by atoms with Gasteiger partial charge in [-0.25, -0.2) is 13.2 Å². The molecule has 0 unspecified atom stereocenters. The van der Waals surface area contributed by atoms with Crippen LogP contribution in [0.3, 0.4) is 0 Å². The zero-order chi connectivity index (χ0) is 24.1. The molecule has 1 N–H and O–H groups in total. The lowest BCUT2D eigenvalue weighted by molar-refractivity contribution is 0.0429. The summed E-state index contributed by atoms with van der Waals surface area (Å²) < 4.78 is 43.4. The highest BCUT2D eigenvalue weighted by Gasteiger charge is 2.18. The first-order valence-corrected chi connectivity index (χ1v) is 11.7. The van der Waals surface area contributed by atoms with E-state index >= 15 is 0 Å². The van der Waals surface area contributed by atoms with Gasteiger partial charge in [0, 0.05) is 11.3 Å². The Bertz CT molecular complexity index is 1400. The Labute approximate surface area is 196 Å². The second-order valence-corrected chi connectivity index (χ2v) is 9.00. The minimum Gasteiger partial charge on any atom is -0.497 e. The van der Waals surface area contributed by atoms with E-state index < -0.39 is 16.0 Å². The first-order valence-electron chi connectivity index (χ1n) is 10.2. The number of ether oxygens (including phenoxy) is 2. The molecule has 34 heavy (non-hydrogen) atoms. The summed E-state index contributed by atoms with van der Waals surface area (Å²) in [7, 11) is -2.41. The maximum Gasteiger partial charge on any atom is 0.338 e. The first-order chi connectivity index (χ1) is 16.3. The number of anilines is 1. The smallest absolute Gasteiger partial charge is 0.338 e. The SMILES string of the molecule is COc1ccc(NS(=O)(=O)c2cccc(C(=O)OCc3nc(-c4ccc(C)cc4)no3)c2)cc1. The average molecular weight is 480 g/mol. The normalized spacial score (nSPS) is 11.1. The second-order valence-electron chi connectivity index (χ2n) is 7.32. The molecule has 0 fully saturated rings. The Kier molecular flexibility index (Phi) is 6.60. The number of sulfonamides is 1. The van der Waals surface area contributed by atoms with Gasteiger partial charge in [0.05, 0.1) is 17.6 Å². The van der Waals surface area contributed by atoms with Gasteiger partial charge in [-0.2, -0.15) is 4.98 Å². The summed E-state index contributed by atoms with van der Waals surface area (Å²) in [4.78, 5) is 16.6. The molecule has 0 saturated carbocycles. The molecule has 0 aliphatic rings. The number of aromatic nitrogens is 2. The van der Waals surface area contributed by atoms with Gasteiger partial charge in [-0.05, 0) is 49.4 Å². The molecule has 0 spiro atoms. The van der Waals surface area contributed by atoms with Gasteiger partial charge in [-0.1, -0.05) is 41.1 Å². The standard InChI is InChI=1S/C24H21N3O6S/c1-16-6-8-17(9-7-16)23-25-22(33-26-23)15-32-24(28)18-4-3-5-21(14-18)34(29,30)27-19-10-12-20(31-2)13-11-19/h3-14,27H,15H2,1-2H3. The van der Waals surface area contributed by atoms with E-state index in [1.165, 1.54) is 31.4 Å². The largest absolute Gasteiger partial charge is 0.497 e. The number of carbonyl (C=O) groups is 1. The third-order valence-corrected chi connectivity index (χ3v) is 6.21. The zero-order valence-electron chi connectivity index (χ0n) is 18.4. The first kappa shape index (κ1) is 23.0. The molecule has 1 heterocycles. The van der Waals surface area contributed by atoms with Gasteiger partial charge in [-0.3, -0.25) is 4.72 Å². The van der Waals surface area contributed by atoms with Crippen molar-refractivity contribution in [2.24, 2.45) is 0 Å². The highest BCUT2D eigenvalue weighted by Crippen LogP contribution is 2.21. The molecule has 3 aromatic carbocycles. The van der Waals surface area contributed by atoms with Crippen LogP contribution in [-0.2, 0) is 21.4 Å². The van der Waals surface area contributed by atoms with Gasteiger partial charge >= 0.3 is 5.97 Å². The number of esters is 1. The monoisotopic (exact) mass is 479 g/mol. The molecule has 0 saturated heterocycles. The number of rotatable bonds is 8. The number of aryl methyl sites for hydroxylation is 1. The Morgan fingerprint density at radius 3 is 2.47 bits per heavy atom. The van der Waals surface area contributed by atoms with E-state index in [4.69, 9.17) is 14.0 Å². The maximum atomic E-state index is 12.7. The predicted octanol–water partition coefficient (Wildman–Crippen LogP) is 4.21. The topological polar surface area (TPSA) is 121 Å². The van der Waals surface area contributed by atoms with Crippen LogP contribution in [-0.4, -0.2) is 31.6 Å². The number of methoxy groups -OCH3 is 1. The predicted molar refractivity (Wildman–Crippen MR) is 124 cm³/mol. The van der Waals surface area contributed by atoms with Crippen molar-refractivity contribution in [1.82, 2.24) is 10.1 Å². The lowest BCUT2D eigenvalue weighted by Crippen LogP contribution is -2.14. The van der Waals surface area contributed by atoms with Crippen molar-refractivity contribution in [1.29, 1.82) is 0 Å². The summed E-state index contributed by atoms with van der Waals surface area (Å²) in [5, 5.41) is 3.89. The molecule has 9 nitrogen and oxygen atoms in total. The van der Waals surface area contributed by atoms with Crippen molar-refractivity contribution in [2.45, 2.75) is 18.4 Å². The molecule has 0 atom stereocenters. The third kappa shape index (κ3) is 5.41. The van der Waals surface area contributed by atoms with E-state index in [-0.39, 0.29) is 23.0 Å². The molecular formula is C24H21N3O6S. The van der Waals surface area contributed by atoms with E-state index in [1.807, 2.05) is 31.2 Å². The molecule has 4 rings (SSSR count). The van der Waals surface area contributed by atoms with E-state index in [0.29, 0.717) is 17.3 Å². The summed E-state index contributed by atoms with van der Waals surface area (Å²) in [6.07, 6.45) is 0. The second kappa shape index (κ2) is 9.75. The van der Waals surface area contributed by atoms with E-state index in [2.05, 4.69) is 14.9 Å². The summed E-state index contributed by atoms with van der Waals surface area (Å²) in [5.74, 6) is 0.370. The Morgan fingerprint density at radius 2 is 1.76 bits per heavy atom. The van der Waals surface area contributed by atoms with Crippen LogP contribution in [0.1, 0.15) is 21.8 Å². The van der Waals surface area contributed by atoms with Crippen molar-refractivity contribution in [3.05, 3.63) is 89.8 Å². The van der Waals surface area contributed by atoms with Gasteiger partial charge in [0.1, 0.15) is 5.75 Å². The lowest BCUT2D eigenvalue weighted by atomic mass is 10.1. The number of hydrogen-bond donors (Lipinski definition) is 1. The molecule has 0 amide bonds. The molecule has 0 bridgehead atoms. The molecule has 1 aromatic heterocycles. The molecule has 0 radical (unpaired) electrons. The van der Waals surface area contributed by atoms with Gasteiger partial charge in [0.2, 0.25) is 5.82 Å². The molecule has 0 aliphatic heterocycles. The van der Waals surface area contributed by atoms with E-state index in [1.54, 1.807) is 24.3 Å². The summed E-state index contributed by atoms with van der Waals surface area (Å²) in [6, 6.07) is 19.5. The fourth-order valence-electron chi connectivity index (χ4n) is 3.01. The number of nitrogens with zero attached hydrogens (tertiary/aromatic N) is 2. The highest BCUT2D eigenvalue weighted by atomic mass is 32.2. The maximum absolute atomic E-state index is 12.7. The Morgan fingerprint density at radius 1 is 1.03 bits per heavy atom. The van der Waals surface area contributed by atoms with E-state index in [9.17, 15) is 13.2 Å². The number of carbonyl (C=O) groups excluding carboxylic acids is 1. The molecule has 174 valence electrons. The Balaban J connectivity index is 1.42. The van der Waals surface area contributed by atoms with Gasteiger partial charge < -0.3 is 14.0 Å². The Hall–Kier alpha value is -4.18. The van der Waals surface area contributed by atoms with Crippen LogP contribution >= 0.6 is 0 Å². The van der Waals surface area contributed by atoms with Crippen LogP contribution in [0.25, 0.3) is 11.4 Å². The fraction of sp³-hybridized carbons (Fsp3) is 0.125. The van der Waals surface area contributed by atoms with Crippen molar-refractivity contribution < 1.29 is 27.2 Å². The molecular weight excluding hydrogens is 458 g/mol. The van der Waals surface area contributed by atoms with Gasteiger partial charge in [0.25, 0.3) is 15.9 Å². The van der Waals surface area contributed by atoms with Gasteiger partial charge in [-0.15, -0.1) is 0 Å². The summed E-state index contributed by atoms with van der Waals surface area (Å²) >= 11 is 0. The third-order valence-electron chi connectivity index (χ3n) is 4.83. The van der Waals surface area contributed by atoms with Crippen LogP contribution in [0.15, 0.2) is 82.2 Å². The van der Waals surface area contributed by atoms with Crippen LogP contribution in [0.2, 0.25) is 0 Å². The average Bonchev–Trinajstić information content (AvgIpc) is 3.32. The summed E-state index contributed by atoms with van der Waals surface area (Å²) in [6.45, 7) is 1.72. The van der Waals surface area contributed by atoms with Crippen molar-refractivity contribution in [2.75, 3.05) is 11.8 Å². The van der Waals surface area contributed by atoms with Crippen LogP contribution < -0.4 is 9.46 Å². The minimum atomic E-state index is -3.93. The number of hydrogen-bond acceptors (Lipinski definition) is 8. The highest BCUT2D eigenvalue weighted by molar-refractivity contribution is 7.92. The van der Waals surface area contributed by atoms with E-state index in [0.717, 1.165) is 11.1 Å². The number of nitrogens with one attached hydrogen (secondary N) is 1. The molecule has 4 aromatic rings. The van der Waals surface area contributed by atoms with Crippen molar-refractivity contribution >= 4 is 21.7 Å². The van der Waals surface area contributed by atoms with Crippen LogP contribution in [0, 0.1) is 6.92 Å². The quantitative estimate of drug-likeness (QED) is 0.373. The lowest BCUT2D eigenvalue weighted by Gasteiger charge is -2.10. The van der Waals surface area contributed by atoms with Crippen LogP contribution in [0.5, 0.6) is 5.75 Å². The van der Waals surface area contributed by atoms with Crippen LogP contribution in [0.4, 0.5) is 5.69 Å². The van der Waals surface area contributed by atoms with Crippen molar-refractivity contribution in [3.63, 3.8) is 0 Å². The van der Waals surface area contributed by atoms with Gasteiger partial charge in [0.15, 0.2) is 6.61 Å². The minimum absolute atomic E-state index is 0.0656. The molecule has 10 heteroatoms. The van der Waals surface area contributed by atoms with Crippen molar-refractivity contribution in [3.8, 4) is 17.1 Å². The summed E-state index contributed by atoms with van der Waals surface area (Å²) in [5.41, 5.74) is 2.30.